The van der Waals surface area contributed by atoms with E-state index >= 15 is 0 Å². The molecule has 0 saturated carbocycles. The van der Waals surface area contributed by atoms with Crippen LogP contribution in [0.15, 0.2) is 42.6 Å². The number of pyridine rings is 1. The highest BCUT2D eigenvalue weighted by molar-refractivity contribution is 5.88. The summed E-state index contributed by atoms with van der Waals surface area (Å²) in [4.78, 5) is 18.9. The summed E-state index contributed by atoms with van der Waals surface area (Å²) in [6.07, 6.45) is 4.68. The molecule has 4 nitrogen and oxygen atoms in total. The molecule has 1 aromatic heterocycles. The lowest BCUT2D eigenvalue weighted by molar-refractivity contribution is -0.131. The van der Waals surface area contributed by atoms with Gasteiger partial charge in [-0.25, -0.2) is 0 Å². The summed E-state index contributed by atoms with van der Waals surface area (Å²) in [5.74, 6) is 0.252. The van der Waals surface area contributed by atoms with Gasteiger partial charge in [0, 0.05) is 31.4 Å². The minimum absolute atomic E-state index is 0.240. The van der Waals surface area contributed by atoms with Crippen LogP contribution in [0.5, 0.6) is 0 Å². The van der Waals surface area contributed by atoms with E-state index in [2.05, 4.69) is 47.6 Å². The van der Waals surface area contributed by atoms with E-state index in [9.17, 15) is 4.79 Å². The number of carbonyl (C=O) groups is 1. The molecule has 2 saturated heterocycles. The molecule has 2 aliphatic rings. The van der Waals surface area contributed by atoms with Crippen LogP contribution >= 0.6 is 0 Å². The van der Waals surface area contributed by atoms with Crippen LogP contribution in [0.3, 0.4) is 0 Å². The van der Waals surface area contributed by atoms with Crippen molar-refractivity contribution in [3.63, 3.8) is 0 Å². The van der Waals surface area contributed by atoms with Gasteiger partial charge in [-0.1, -0.05) is 24.3 Å². The van der Waals surface area contributed by atoms with Gasteiger partial charge in [-0.2, -0.15) is 0 Å². The van der Waals surface area contributed by atoms with Crippen LogP contribution in [0.25, 0.3) is 11.3 Å². The summed E-state index contributed by atoms with van der Waals surface area (Å²) in [5.41, 5.74) is 4.26. The summed E-state index contributed by atoms with van der Waals surface area (Å²) >= 11 is 0. The molecule has 0 aliphatic carbocycles. The van der Waals surface area contributed by atoms with Crippen molar-refractivity contribution < 1.29 is 4.79 Å². The fourth-order valence-corrected chi connectivity index (χ4v) is 4.11. The van der Waals surface area contributed by atoms with Crippen LogP contribution < -0.4 is 5.32 Å². The van der Waals surface area contributed by atoms with Crippen molar-refractivity contribution in [3.05, 3.63) is 53.7 Å². The second kappa shape index (κ2) is 5.71. The first-order chi connectivity index (χ1) is 11.6. The van der Waals surface area contributed by atoms with E-state index in [1.165, 1.54) is 11.1 Å². The van der Waals surface area contributed by atoms with E-state index in [0.29, 0.717) is 0 Å². The van der Waals surface area contributed by atoms with E-state index in [1.54, 1.807) is 0 Å². The Morgan fingerprint density at radius 2 is 2.12 bits per heavy atom. The Labute approximate surface area is 142 Å². The van der Waals surface area contributed by atoms with Crippen molar-refractivity contribution in [3.8, 4) is 11.3 Å². The molecule has 0 bridgehead atoms. The first-order valence-corrected chi connectivity index (χ1v) is 8.64. The molecule has 1 spiro atoms. The molecule has 2 aliphatic heterocycles. The van der Waals surface area contributed by atoms with Crippen molar-refractivity contribution in [1.29, 1.82) is 0 Å². The van der Waals surface area contributed by atoms with Crippen LogP contribution in [0.2, 0.25) is 0 Å². The summed E-state index contributed by atoms with van der Waals surface area (Å²) in [6, 6.07) is 12.9. The smallest absolute Gasteiger partial charge is 0.242 e. The Kier molecular flexibility index (Phi) is 3.65. The molecule has 24 heavy (non-hydrogen) atoms. The summed E-state index contributed by atoms with van der Waals surface area (Å²) in [7, 11) is 1.90. The molecular weight excluding hydrogens is 298 g/mol. The summed E-state index contributed by atoms with van der Waals surface area (Å²) in [6.45, 7) is 2.94. The monoisotopic (exact) mass is 321 g/mol. The number of rotatable bonds is 2. The summed E-state index contributed by atoms with van der Waals surface area (Å²) in [5, 5.41) is 3.64. The van der Waals surface area contributed by atoms with Gasteiger partial charge in [-0.05, 0) is 49.4 Å². The Bertz CT molecular complexity index is 788. The second-order valence-corrected chi connectivity index (χ2v) is 7.09. The summed E-state index contributed by atoms with van der Waals surface area (Å²) < 4.78 is 0. The molecule has 1 amide bonds. The fourth-order valence-electron chi connectivity index (χ4n) is 4.11. The maximum atomic E-state index is 12.5. The minimum atomic E-state index is -0.337. The number of aryl methyl sites for hydroxylation is 1. The van der Waals surface area contributed by atoms with Gasteiger partial charge in [0.1, 0.15) is 5.54 Å². The largest absolute Gasteiger partial charge is 0.344 e. The van der Waals surface area contributed by atoms with Gasteiger partial charge >= 0.3 is 0 Å². The van der Waals surface area contributed by atoms with Crippen molar-refractivity contribution in [1.82, 2.24) is 15.2 Å². The number of benzene rings is 1. The predicted molar refractivity (Wildman–Crippen MR) is 94.5 cm³/mol. The first-order valence-electron chi connectivity index (χ1n) is 8.64. The van der Waals surface area contributed by atoms with Crippen LogP contribution in [0, 0.1) is 6.92 Å². The van der Waals surface area contributed by atoms with Crippen LogP contribution in [0.1, 0.15) is 36.4 Å². The van der Waals surface area contributed by atoms with Crippen LogP contribution in [-0.4, -0.2) is 34.9 Å². The fraction of sp³-hybridized carbons (Fsp3) is 0.400. The number of nitrogens with one attached hydrogen (secondary N) is 1. The molecule has 3 heterocycles. The Morgan fingerprint density at radius 3 is 2.88 bits per heavy atom. The van der Waals surface area contributed by atoms with Crippen LogP contribution in [0.4, 0.5) is 0 Å². The number of nitrogens with zero attached hydrogens (tertiary/aromatic N) is 2. The normalized spacial score (nSPS) is 26.5. The third kappa shape index (κ3) is 2.42. The maximum Gasteiger partial charge on any atom is 0.242 e. The SMILES string of the molecule is Cc1cccnc1-c1cccc([C@H]2CC[C@@]3(CCN(C)C3=O)N2)c1. The molecule has 1 aromatic carbocycles. The van der Waals surface area contributed by atoms with Gasteiger partial charge in [0.25, 0.3) is 0 Å². The van der Waals surface area contributed by atoms with Crippen molar-refractivity contribution >= 4 is 5.91 Å². The van der Waals surface area contributed by atoms with Gasteiger partial charge in [-0.15, -0.1) is 0 Å². The third-order valence-corrected chi connectivity index (χ3v) is 5.51. The third-order valence-electron chi connectivity index (χ3n) is 5.51. The predicted octanol–water partition coefficient (Wildman–Crippen LogP) is 3.08. The van der Waals surface area contributed by atoms with Crippen molar-refractivity contribution in [2.75, 3.05) is 13.6 Å². The molecule has 2 fully saturated rings. The van der Waals surface area contributed by atoms with Gasteiger partial charge in [0.05, 0.1) is 5.69 Å². The number of carbonyl (C=O) groups excluding carboxylic acids is 1. The maximum absolute atomic E-state index is 12.5. The second-order valence-electron chi connectivity index (χ2n) is 7.09. The zero-order valence-corrected chi connectivity index (χ0v) is 14.2. The number of aromatic nitrogens is 1. The van der Waals surface area contributed by atoms with Crippen molar-refractivity contribution in [2.24, 2.45) is 0 Å². The molecule has 1 N–H and O–H groups in total. The van der Waals surface area contributed by atoms with Gasteiger partial charge < -0.3 is 4.90 Å². The molecule has 4 rings (SSSR count). The minimum Gasteiger partial charge on any atom is -0.344 e. The number of likely N-dealkylation sites (N-methyl/N-ethyl adjacent to an activating group) is 1. The Morgan fingerprint density at radius 1 is 1.25 bits per heavy atom. The highest BCUT2D eigenvalue weighted by atomic mass is 16.2. The standard InChI is InChI=1S/C20H23N3O/c1-14-5-4-11-21-18(14)16-7-3-6-15(13-16)17-8-9-20(22-17)10-12-23(2)19(20)24/h3-7,11,13,17,22H,8-10,12H2,1-2H3/t17-,20+/m1/s1. The molecule has 2 atom stereocenters. The zero-order valence-electron chi connectivity index (χ0n) is 14.2. The average Bonchev–Trinajstić information content (AvgIpc) is 3.16. The highest BCUT2D eigenvalue weighted by Crippen LogP contribution is 2.39. The van der Waals surface area contributed by atoms with Gasteiger partial charge in [0.2, 0.25) is 5.91 Å². The van der Waals surface area contributed by atoms with E-state index in [1.807, 2.05) is 24.2 Å². The number of hydrogen-bond donors (Lipinski definition) is 1. The first kappa shape index (κ1) is 15.3. The molecule has 0 unspecified atom stereocenters. The lowest BCUT2D eigenvalue weighted by Gasteiger charge is -2.23. The van der Waals surface area contributed by atoms with Crippen molar-refractivity contribution in [2.45, 2.75) is 37.8 Å². The lowest BCUT2D eigenvalue weighted by atomic mass is 9.95. The Balaban J connectivity index is 1.62. The van der Waals surface area contributed by atoms with E-state index in [0.717, 1.165) is 37.1 Å². The molecule has 124 valence electrons. The molecule has 0 radical (unpaired) electrons. The Hall–Kier alpha value is -2.20. The van der Waals surface area contributed by atoms with Gasteiger partial charge in [0.15, 0.2) is 0 Å². The van der Waals surface area contributed by atoms with E-state index < -0.39 is 0 Å². The number of amides is 1. The average molecular weight is 321 g/mol. The van der Waals surface area contributed by atoms with E-state index in [4.69, 9.17) is 0 Å². The van der Waals surface area contributed by atoms with Gasteiger partial charge in [-0.3, -0.25) is 15.1 Å². The quantitative estimate of drug-likeness (QED) is 0.924. The number of likely N-dealkylation sites (tertiary alicyclic amines) is 1. The van der Waals surface area contributed by atoms with E-state index in [-0.39, 0.29) is 17.5 Å². The molecule has 4 heteroatoms. The topological polar surface area (TPSA) is 45.2 Å². The lowest BCUT2D eigenvalue weighted by Crippen LogP contribution is -2.47. The zero-order chi connectivity index (χ0) is 16.7. The van der Waals surface area contributed by atoms with Crippen LogP contribution in [-0.2, 0) is 4.79 Å². The number of hydrogen-bond acceptors (Lipinski definition) is 3. The highest BCUT2D eigenvalue weighted by Gasteiger charge is 2.49. The molecular formula is C20H23N3O. The molecule has 2 aromatic rings.